The number of benzene rings is 2. The third-order valence-corrected chi connectivity index (χ3v) is 6.55. The molecular formula is C20H23N3O4S. The van der Waals surface area contributed by atoms with E-state index in [4.69, 9.17) is 0 Å². The highest BCUT2D eigenvalue weighted by atomic mass is 32.2. The summed E-state index contributed by atoms with van der Waals surface area (Å²) in [4.78, 5) is 24.6. The number of anilines is 1. The summed E-state index contributed by atoms with van der Waals surface area (Å²) < 4.78 is 29.4. The van der Waals surface area contributed by atoms with Crippen LogP contribution < -0.4 is 11.0 Å². The Labute approximate surface area is 163 Å². The zero-order valence-electron chi connectivity index (χ0n) is 16.3. The molecule has 1 heterocycles. The van der Waals surface area contributed by atoms with Crippen LogP contribution in [0.15, 0.2) is 51.0 Å². The molecule has 0 fully saturated rings. The van der Waals surface area contributed by atoms with Crippen LogP contribution in [0.25, 0.3) is 11.0 Å². The fraction of sp³-hybridized carbons (Fsp3) is 0.300. The van der Waals surface area contributed by atoms with Crippen molar-refractivity contribution < 1.29 is 13.2 Å². The minimum atomic E-state index is -3.90. The predicted molar refractivity (Wildman–Crippen MR) is 108 cm³/mol. The van der Waals surface area contributed by atoms with Crippen LogP contribution in [-0.4, -0.2) is 23.5 Å². The van der Waals surface area contributed by atoms with E-state index in [1.165, 1.54) is 27.3 Å². The molecule has 0 atom stereocenters. The standard InChI is InChI=1S/C20H23N3O4S/c1-5-6-19(24)21-15-11-16-17(23(4)20(25)22(16)3)12-18(15)28(26,27)14-9-7-13(2)8-10-14/h7-12H,5-6H2,1-4H3,(H,21,24). The molecule has 0 bridgehead atoms. The average molecular weight is 401 g/mol. The van der Waals surface area contributed by atoms with E-state index in [0.717, 1.165) is 5.56 Å². The van der Waals surface area contributed by atoms with Crippen molar-refractivity contribution in [2.75, 3.05) is 5.32 Å². The quantitative estimate of drug-likeness (QED) is 0.712. The monoisotopic (exact) mass is 401 g/mol. The highest BCUT2D eigenvalue weighted by Gasteiger charge is 2.25. The van der Waals surface area contributed by atoms with Gasteiger partial charge < -0.3 is 5.32 Å². The lowest BCUT2D eigenvalue weighted by Crippen LogP contribution is -2.19. The number of carbonyl (C=O) groups is 1. The van der Waals surface area contributed by atoms with Crippen molar-refractivity contribution in [3.63, 3.8) is 0 Å². The minimum Gasteiger partial charge on any atom is -0.325 e. The molecular weight excluding hydrogens is 378 g/mol. The molecule has 1 aromatic heterocycles. The van der Waals surface area contributed by atoms with E-state index < -0.39 is 9.84 Å². The summed E-state index contributed by atoms with van der Waals surface area (Å²) in [6.07, 6.45) is 0.910. The Morgan fingerprint density at radius 1 is 1.04 bits per heavy atom. The van der Waals surface area contributed by atoms with Gasteiger partial charge in [0.25, 0.3) is 0 Å². The first-order valence-electron chi connectivity index (χ1n) is 8.98. The van der Waals surface area contributed by atoms with Crippen molar-refractivity contribution in [2.24, 2.45) is 14.1 Å². The second-order valence-electron chi connectivity index (χ2n) is 6.85. The molecule has 0 radical (unpaired) electrons. The van der Waals surface area contributed by atoms with Crippen molar-refractivity contribution in [3.05, 3.63) is 52.4 Å². The number of hydrogen-bond donors (Lipinski definition) is 1. The molecule has 1 N–H and O–H groups in total. The zero-order valence-corrected chi connectivity index (χ0v) is 17.1. The third kappa shape index (κ3) is 3.35. The van der Waals surface area contributed by atoms with Gasteiger partial charge >= 0.3 is 5.69 Å². The highest BCUT2D eigenvalue weighted by molar-refractivity contribution is 7.91. The third-order valence-electron chi connectivity index (χ3n) is 4.75. The largest absolute Gasteiger partial charge is 0.328 e. The number of carbonyl (C=O) groups excluding carboxylic acids is 1. The summed E-state index contributed by atoms with van der Waals surface area (Å²) in [6.45, 7) is 3.74. The first-order chi connectivity index (χ1) is 13.2. The highest BCUT2D eigenvalue weighted by Crippen LogP contribution is 2.32. The Bertz CT molecular complexity index is 1220. The molecule has 148 valence electrons. The van der Waals surface area contributed by atoms with E-state index in [2.05, 4.69) is 5.32 Å². The number of fused-ring (bicyclic) bond motifs is 1. The van der Waals surface area contributed by atoms with Gasteiger partial charge in [-0.3, -0.25) is 13.9 Å². The molecule has 0 aliphatic heterocycles. The number of aromatic nitrogens is 2. The second-order valence-corrected chi connectivity index (χ2v) is 8.77. The Balaban J connectivity index is 2.29. The molecule has 0 aliphatic carbocycles. The number of hydrogen-bond acceptors (Lipinski definition) is 4. The Hall–Kier alpha value is -2.87. The van der Waals surface area contributed by atoms with Gasteiger partial charge in [-0.1, -0.05) is 24.6 Å². The van der Waals surface area contributed by atoms with E-state index in [9.17, 15) is 18.0 Å². The second kappa shape index (κ2) is 7.27. The Kier molecular flexibility index (Phi) is 5.16. The van der Waals surface area contributed by atoms with Gasteiger partial charge in [-0.05, 0) is 37.6 Å². The van der Waals surface area contributed by atoms with Crippen LogP contribution in [0.2, 0.25) is 0 Å². The summed E-state index contributed by atoms with van der Waals surface area (Å²) in [7, 11) is -0.705. The van der Waals surface area contributed by atoms with Crippen LogP contribution in [0, 0.1) is 6.92 Å². The van der Waals surface area contributed by atoms with Crippen molar-refractivity contribution in [2.45, 2.75) is 36.5 Å². The smallest absolute Gasteiger partial charge is 0.325 e. The normalized spacial score (nSPS) is 11.7. The lowest BCUT2D eigenvalue weighted by Gasteiger charge is -2.13. The number of imidazole rings is 1. The molecule has 28 heavy (non-hydrogen) atoms. The summed E-state index contributed by atoms with van der Waals surface area (Å²) in [6, 6.07) is 9.52. The average Bonchev–Trinajstić information content (AvgIpc) is 2.85. The van der Waals surface area contributed by atoms with Gasteiger partial charge in [0.05, 0.1) is 26.5 Å². The van der Waals surface area contributed by atoms with E-state index in [1.54, 1.807) is 32.3 Å². The summed E-state index contributed by atoms with van der Waals surface area (Å²) >= 11 is 0. The summed E-state index contributed by atoms with van der Waals surface area (Å²) in [5.41, 5.74) is 1.86. The van der Waals surface area contributed by atoms with Gasteiger partial charge in [0.15, 0.2) is 0 Å². The summed E-state index contributed by atoms with van der Waals surface area (Å²) in [5, 5.41) is 2.70. The maximum absolute atomic E-state index is 13.3. The van der Waals surface area contributed by atoms with E-state index >= 15 is 0 Å². The van der Waals surface area contributed by atoms with Crippen LogP contribution in [0.3, 0.4) is 0 Å². The Morgan fingerprint density at radius 3 is 2.18 bits per heavy atom. The van der Waals surface area contributed by atoms with Crippen LogP contribution in [0.4, 0.5) is 5.69 Å². The van der Waals surface area contributed by atoms with E-state index in [1.807, 2.05) is 13.8 Å². The molecule has 1 amide bonds. The lowest BCUT2D eigenvalue weighted by molar-refractivity contribution is -0.116. The number of nitrogens with zero attached hydrogens (tertiary/aromatic N) is 2. The zero-order chi connectivity index (χ0) is 20.6. The SMILES string of the molecule is CCCC(=O)Nc1cc2c(cc1S(=O)(=O)c1ccc(C)cc1)n(C)c(=O)n2C. The van der Waals surface area contributed by atoms with Crippen LogP contribution in [0.5, 0.6) is 0 Å². The topological polar surface area (TPSA) is 90.2 Å². The van der Waals surface area contributed by atoms with Crippen molar-refractivity contribution in [3.8, 4) is 0 Å². The fourth-order valence-corrected chi connectivity index (χ4v) is 4.54. The first-order valence-corrected chi connectivity index (χ1v) is 10.5. The fourth-order valence-electron chi connectivity index (χ4n) is 3.13. The maximum atomic E-state index is 13.3. The van der Waals surface area contributed by atoms with Gasteiger partial charge in [0.1, 0.15) is 0 Å². The molecule has 0 unspecified atom stereocenters. The van der Waals surface area contributed by atoms with Gasteiger partial charge in [-0.25, -0.2) is 13.2 Å². The van der Waals surface area contributed by atoms with E-state index in [-0.39, 0.29) is 33.5 Å². The first kappa shape index (κ1) is 19.9. The lowest BCUT2D eigenvalue weighted by atomic mass is 10.2. The molecule has 0 saturated carbocycles. The molecule has 0 aliphatic rings. The molecule has 2 aromatic carbocycles. The van der Waals surface area contributed by atoms with Crippen LogP contribution in [0.1, 0.15) is 25.3 Å². The number of sulfone groups is 1. The number of amides is 1. The van der Waals surface area contributed by atoms with E-state index in [0.29, 0.717) is 17.5 Å². The van der Waals surface area contributed by atoms with Gasteiger partial charge in [-0.15, -0.1) is 0 Å². The molecule has 7 nitrogen and oxygen atoms in total. The molecule has 0 spiro atoms. The predicted octanol–water partition coefficient (Wildman–Crippen LogP) is 2.76. The molecule has 8 heteroatoms. The van der Waals surface area contributed by atoms with Gasteiger partial charge in [0, 0.05) is 20.5 Å². The Morgan fingerprint density at radius 2 is 1.61 bits per heavy atom. The molecule has 0 saturated heterocycles. The molecule has 3 aromatic rings. The van der Waals surface area contributed by atoms with Crippen LogP contribution in [-0.2, 0) is 28.7 Å². The minimum absolute atomic E-state index is 0.0329. The summed E-state index contributed by atoms with van der Waals surface area (Å²) in [5.74, 6) is -0.275. The van der Waals surface area contributed by atoms with Gasteiger partial charge in [-0.2, -0.15) is 0 Å². The van der Waals surface area contributed by atoms with Crippen molar-refractivity contribution in [1.29, 1.82) is 0 Å². The van der Waals surface area contributed by atoms with Gasteiger partial charge in [0.2, 0.25) is 15.7 Å². The number of nitrogens with one attached hydrogen (secondary N) is 1. The number of aryl methyl sites for hydroxylation is 3. The maximum Gasteiger partial charge on any atom is 0.328 e. The van der Waals surface area contributed by atoms with Crippen molar-refractivity contribution in [1.82, 2.24) is 9.13 Å². The molecule has 3 rings (SSSR count). The number of rotatable bonds is 5. The van der Waals surface area contributed by atoms with Crippen molar-refractivity contribution >= 4 is 32.5 Å². The van der Waals surface area contributed by atoms with Crippen LogP contribution >= 0.6 is 0 Å².